The molecular formula is C13H27N. The first-order valence-electron chi connectivity index (χ1n) is 6.09. The number of nitrogens with zero attached hydrogens (tertiary/aromatic N) is 1. The van der Waals surface area contributed by atoms with Crippen LogP contribution >= 0.6 is 0 Å². The van der Waals surface area contributed by atoms with Crippen molar-refractivity contribution in [2.45, 2.75) is 66.5 Å². The molecule has 1 nitrogen and oxygen atoms in total. The lowest BCUT2D eigenvalue weighted by Crippen LogP contribution is -2.50. The van der Waals surface area contributed by atoms with Crippen molar-refractivity contribution in [2.75, 3.05) is 6.54 Å². The van der Waals surface area contributed by atoms with E-state index in [4.69, 9.17) is 0 Å². The number of likely N-dealkylation sites (tertiary alicyclic amines) is 1. The molecule has 1 heteroatoms. The van der Waals surface area contributed by atoms with E-state index in [0.29, 0.717) is 11.5 Å². The van der Waals surface area contributed by atoms with E-state index in [1.54, 1.807) is 0 Å². The minimum absolute atomic E-state index is 0.465. The van der Waals surface area contributed by atoms with Crippen LogP contribution in [0.3, 0.4) is 0 Å². The molecule has 84 valence electrons. The Morgan fingerprint density at radius 3 is 2.21 bits per heavy atom. The summed E-state index contributed by atoms with van der Waals surface area (Å²) in [6, 6.07) is 1.46. The standard InChI is InChI=1S/C13H27N/c1-10(2)14-9-7-8-12(11(14)3)13(4,5)6/h10-12H,7-9H2,1-6H3. The molecule has 0 bridgehead atoms. The molecule has 1 saturated heterocycles. The van der Waals surface area contributed by atoms with Gasteiger partial charge in [0.15, 0.2) is 0 Å². The molecule has 2 atom stereocenters. The van der Waals surface area contributed by atoms with Crippen LogP contribution in [0.25, 0.3) is 0 Å². The van der Waals surface area contributed by atoms with Gasteiger partial charge in [-0.25, -0.2) is 0 Å². The Balaban J connectivity index is 2.71. The predicted octanol–water partition coefficient (Wildman–Crippen LogP) is 3.54. The van der Waals surface area contributed by atoms with E-state index in [-0.39, 0.29) is 0 Å². The first kappa shape index (κ1) is 12.0. The molecule has 1 heterocycles. The summed E-state index contributed by atoms with van der Waals surface area (Å²) < 4.78 is 0. The molecule has 1 aliphatic rings. The third-order valence-corrected chi connectivity index (χ3v) is 3.81. The van der Waals surface area contributed by atoms with Crippen LogP contribution in [0, 0.1) is 11.3 Å². The van der Waals surface area contributed by atoms with Crippen molar-refractivity contribution in [1.29, 1.82) is 0 Å². The molecule has 14 heavy (non-hydrogen) atoms. The summed E-state index contributed by atoms with van der Waals surface area (Å²) >= 11 is 0. The zero-order valence-electron chi connectivity index (χ0n) is 10.8. The quantitative estimate of drug-likeness (QED) is 0.621. The Morgan fingerprint density at radius 2 is 1.79 bits per heavy atom. The highest BCUT2D eigenvalue weighted by Crippen LogP contribution is 2.38. The third kappa shape index (κ3) is 2.50. The molecule has 0 aromatic rings. The number of piperidine rings is 1. The molecule has 0 amide bonds. The molecule has 0 N–H and O–H groups in total. The van der Waals surface area contributed by atoms with Gasteiger partial charge in [0, 0.05) is 12.1 Å². The fourth-order valence-electron chi connectivity index (χ4n) is 3.05. The van der Waals surface area contributed by atoms with E-state index in [1.807, 2.05) is 0 Å². The van der Waals surface area contributed by atoms with Crippen LogP contribution in [-0.4, -0.2) is 23.5 Å². The lowest BCUT2D eigenvalue weighted by molar-refractivity contribution is 0.0225. The second kappa shape index (κ2) is 4.22. The normalized spacial score (nSPS) is 31.1. The summed E-state index contributed by atoms with van der Waals surface area (Å²) in [7, 11) is 0. The van der Waals surface area contributed by atoms with Crippen LogP contribution < -0.4 is 0 Å². The molecule has 1 aliphatic heterocycles. The fourth-order valence-corrected chi connectivity index (χ4v) is 3.05. The Morgan fingerprint density at radius 1 is 1.21 bits per heavy atom. The highest BCUT2D eigenvalue weighted by molar-refractivity contribution is 4.89. The Labute approximate surface area is 89.9 Å². The van der Waals surface area contributed by atoms with Gasteiger partial charge >= 0.3 is 0 Å². The van der Waals surface area contributed by atoms with Gasteiger partial charge in [0.2, 0.25) is 0 Å². The van der Waals surface area contributed by atoms with Crippen molar-refractivity contribution in [3.8, 4) is 0 Å². The number of rotatable bonds is 1. The van der Waals surface area contributed by atoms with Crippen LogP contribution in [0.2, 0.25) is 0 Å². The molecule has 0 aromatic heterocycles. The van der Waals surface area contributed by atoms with Gasteiger partial charge in [0.1, 0.15) is 0 Å². The second-order valence-electron chi connectivity index (χ2n) is 6.19. The largest absolute Gasteiger partial charge is 0.298 e. The van der Waals surface area contributed by atoms with E-state index in [2.05, 4.69) is 46.4 Å². The Kier molecular flexibility index (Phi) is 3.63. The smallest absolute Gasteiger partial charge is 0.0103 e. The summed E-state index contributed by atoms with van der Waals surface area (Å²) in [6.45, 7) is 15.5. The van der Waals surface area contributed by atoms with E-state index < -0.39 is 0 Å². The second-order valence-corrected chi connectivity index (χ2v) is 6.19. The molecule has 0 saturated carbocycles. The van der Waals surface area contributed by atoms with E-state index in [1.165, 1.54) is 19.4 Å². The molecule has 2 unspecified atom stereocenters. The summed E-state index contributed by atoms with van der Waals surface area (Å²) in [5, 5.41) is 0. The maximum absolute atomic E-state index is 2.67. The van der Waals surface area contributed by atoms with E-state index in [0.717, 1.165) is 12.0 Å². The summed E-state index contributed by atoms with van der Waals surface area (Å²) in [6.07, 6.45) is 2.79. The molecule has 0 radical (unpaired) electrons. The van der Waals surface area contributed by atoms with Gasteiger partial charge in [-0.3, -0.25) is 4.90 Å². The lowest BCUT2D eigenvalue weighted by atomic mass is 9.72. The number of hydrogen-bond acceptors (Lipinski definition) is 1. The van der Waals surface area contributed by atoms with Crippen LogP contribution in [0.1, 0.15) is 54.4 Å². The maximum Gasteiger partial charge on any atom is 0.0103 e. The van der Waals surface area contributed by atoms with Crippen LogP contribution in [0.4, 0.5) is 0 Å². The molecule has 0 spiro atoms. The maximum atomic E-state index is 2.67. The van der Waals surface area contributed by atoms with Gasteiger partial charge in [0.05, 0.1) is 0 Å². The van der Waals surface area contributed by atoms with Crippen LogP contribution in [0.15, 0.2) is 0 Å². The first-order valence-corrected chi connectivity index (χ1v) is 6.09. The molecule has 0 aromatic carbocycles. The van der Waals surface area contributed by atoms with Gasteiger partial charge in [-0.1, -0.05) is 20.8 Å². The van der Waals surface area contributed by atoms with Gasteiger partial charge in [-0.2, -0.15) is 0 Å². The first-order chi connectivity index (χ1) is 6.34. The van der Waals surface area contributed by atoms with Gasteiger partial charge < -0.3 is 0 Å². The van der Waals surface area contributed by atoms with Crippen molar-refractivity contribution in [1.82, 2.24) is 4.90 Å². The predicted molar refractivity (Wildman–Crippen MR) is 63.5 cm³/mol. The van der Waals surface area contributed by atoms with Crippen LogP contribution in [-0.2, 0) is 0 Å². The Bertz CT molecular complexity index is 178. The van der Waals surface area contributed by atoms with Crippen molar-refractivity contribution < 1.29 is 0 Å². The minimum atomic E-state index is 0.465. The zero-order chi connectivity index (χ0) is 10.9. The molecule has 1 fully saturated rings. The third-order valence-electron chi connectivity index (χ3n) is 3.81. The summed E-state index contributed by atoms with van der Waals surface area (Å²) in [5.41, 5.74) is 0.465. The molecular weight excluding hydrogens is 170 g/mol. The van der Waals surface area contributed by atoms with Crippen molar-refractivity contribution >= 4 is 0 Å². The Hall–Kier alpha value is -0.0400. The van der Waals surface area contributed by atoms with Crippen molar-refractivity contribution in [3.05, 3.63) is 0 Å². The SMILES string of the molecule is CC(C)N1CCCC(C(C)(C)C)C1C. The summed E-state index contributed by atoms with van der Waals surface area (Å²) in [4.78, 5) is 2.67. The average molecular weight is 197 g/mol. The molecule has 0 aliphatic carbocycles. The van der Waals surface area contributed by atoms with Crippen LogP contribution in [0.5, 0.6) is 0 Å². The minimum Gasteiger partial charge on any atom is -0.298 e. The highest BCUT2D eigenvalue weighted by Gasteiger charge is 2.36. The highest BCUT2D eigenvalue weighted by atomic mass is 15.2. The van der Waals surface area contributed by atoms with Gasteiger partial charge in [0.25, 0.3) is 0 Å². The average Bonchev–Trinajstić information content (AvgIpc) is 2.01. The molecule has 1 rings (SSSR count). The van der Waals surface area contributed by atoms with Crippen molar-refractivity contribution in [3.63, 3.8) is 0 Å². The summed E-state index contributed by atoms with van der Waals surface area (Å²) in [5.74, 6) is 0.860. The topological polar surface area (TPSA) is 3.24 Å². The fraction of sp³-hybridized carbons (Fsp3) is 1.00. The lowest BCUT2D eigenvalue weighted by Gasteiger charge is -2.47. The zero-order valence-corrected chi connectivity index (χ0v) is 10.8. The van der Waals surface area contributed by atoms with Gasteiger partial charge in [-0.05, 0) is 51.5 Å². The van der Waals surface area contributed by atoms with Gasteiger partial charge in [-0.15, -0.1) is 0 Å². The number of hydrogen-bond donors (Lipinski definition) is 0. The van der Waals surface area contributed by atoms with E-state index >= 15 is 0 Å². The van der Waals surface area contributed by atoms with E-state index in [9.17, 15) is 0 Å². The van der Waals surface area contributed by atoms with Crippen molar-refractivity contribution in [2.24, 2.45) is 11.3 Å². The monoisotopic (exact) mass is 197 g/mol.